The minimum absolute atomic E-state index is 0.356. The van der Waals surface area contributed by atoms with Gasteiger partial charge in [0.2, 0.25) is 0 Å². The second-order valence-corrected chi connectivity index (χ2v) is 3.50. The van der Waals surface area contributed by atoms with Crippen LogP contribution in [0.25, 0.3) is 10.4 Å². The van der Waals surface area contributed by atoms with Gasteiger partial charge in [-0.05, 0) is 0 Å². The number of thiazole rings is 1. The molecule has 0 bridgehead atoms. The Hall–Kier alpha value is -1.69. The number of aromatic amines is 1. The Labute approximate surface area is 83.4 Å². The number of hydrogen-bond acceptors (Lipinski definition) is 5. The minimum Gasteiger partial charge on any atom is -0.473 e. The van der Waals surface area contributed by atoms with E-state index >= 15 is 0 Å². The highest BCUT2D eigenvalue weighted by molar-refractivity contribution is 7.16. The van der Waals surface area contributed by atoms with Crippen LogP contribution < -0.4 is 10.4 Å². The lowest BCUT2D eigenvalue weighted by molar-refractivity contribution is 0.412. The third kappa shape index (κ3) is 1.64. The number of nitrogens with zero attached hydrogens (tertiary/aromatic N) is 2. The minimum atomic E-state index is -0.356. The largest absolute Gasteiger partial charge is 0.473 e. The van der Waals surface area contributed by atoms with E-state index < -0.39 is 0 Å². The maximum absolute atomic E-state index is 10.7. The molecule has 0 amide bonds. The third-order valence-electron chi connectivity index (χ3n) is 1.62. The van der Waals surface area contributed by atoms with E-state index in [4.69, 9.17) is 4.74 Å². The molecule has 6 heteroatoms. The van der Waals surface area contributed by atoms with Gasteiger partial charge in [-0.15, -0.1) is 0 Å². The summed E-state index contributed by atoms with van der Waals surface area (Å²) in [5, 5.41) is 0.589. The van der Waals surface area contributed by atoms with Crippen molar-refractivity contribution in [1.29, 1.82) is 0 Å². The summed E-state index contributed by atoms with van der Waals surface area (Å²) in [6.07, 6.45) is 4.78. The number of aromatic nitrogens is 3. The van der Waals surface area contributed by atoms with Crippen molar-refractivity contribution >= 4 is 11.3 Å². The van der Waals surface area contributed by atoms with Gasteiger partial charge in [-0.1, -0.05) is 11.3 Å². The Morgan fingerprint density at radius 1 is 1.43 bits per heavy atom. The highest BCUT2D eigenvalue weighted by Gasteiger charge is 2.04. The molecule has 0 spiro atoms. The quantitative estimate of drug-likeness (QED) is 0.798. The van der Waals surface area contributed by atoms with Crippen LogP contribution in [0.4, 0.5) is 0 Å². The molecule has 14 heavy (non-hydrogen) atoms. The molecule has 2 aromatic heterocycles. The van der Waals surface area contributed by atoms with Gasteiger partial charge in [-0.25, -0.2) is 14.8 Å². The second kappa shape index (κ2) is 3.59. The molecule has 0 radical (unpaired) electrons. The average molecular weight is 209 g/mol. The van der Waals surface area contributed by atoms with E-state index in [-0.39, 0.29) is 5.69 Å². The van der Waals surface area contributed by atoms with Crippen molar-refractivity contribution in [2.24, 2.45) is 0 Å². The van der Waals surface area contributed by atoms with E-state index in [1.165, 1.54) is 17.5 Å². The summed E-state index contributed by atoms with van der Waals surface area (Å²) >= 11 is 1.40. The van der Waals surface area contributed by atoms with Crippen molar-refractivity contribution in [2.75, 3.05) is 7.11 Å². The summed E-state index contributed by atoms with van der Waals surface area (Å²) in [6, 6.07) is 0. The van der Waals surface area contributed by atoms with Gasteiger partial charge in [0, 0.05) is 24.2 Å². The molecule has 1 N–H and O–H groups in total. The van der Waals surface area contributed by atoms with Crippen LogP contribution in [-0.2, 0) is 0 Å². The third-order valence-corrected chi connectivity index (χ3v) is 2.62. The Morgan fingerprint density at radius 3 is 2.86 bits per heavy atom. The van der Waals surface area contributed by atoms with E-state index in [0.717, 1.165) is 10.4 Å². The van der Waals surface area contributed by atoms with Crippen molar-refractivity contribution in [3.05, 3.63) is 29.1 Å². The van der Waals surface area contributed by atoms with Gasteiger partial charge in [0.1, 0.15) is 0 Å². The van der Waals surface area contributed by atoms with Gasteiger partial charge >= 0.3 is 5.69 Å². The lowest BCUT2D eigenvalue weighted by Crippen LogP contribution is -2.07. The Balaban J connectivity index is 2.39. The van der Waals surface area contributed by atoms with Crippen LogP contribution in [0.5, 0.6) is 5.19 Å². The van der Waals surface area contributed by atoms with Crippen LogP contribution in [-0.4, -0.2) is 22.1 Å². The molecule has 5 nitrogen and oxygen atoms in total. The van der Waals surface area contributed by atoms with Gasteiger partial charge in [0.15, 0.2) is 0 Å². The molecule has 2 heterocycles. The number of rotatable bonds is 2. The predicted octanol–water partition coefficient (Wildman–Crippen LogP) is 0.902. The Kier molecular flexibility index (Phi) is 2.28. The summed E-state index contributed by atoms with van der Waals surface area (Å²) in [6.45, 7) is 0. The van der Waals surface area contributed by atoms with E-state index in [0.29, 0.717) is 5.19 Å². The zero-order chi connectivity index (χ0) is 9.97. The molecule has 0 aliphatic rings. The van der Waals surface area contributed by atoms with Gasteiger partial charge in [-0.3, -0.25) is 0 Å². The van der Waals surface area contributed by atoms with Crippen molar-refractivity contribution in [3.63, 3.8) is 0 Å². The van der Waals surface area contributed by atoms with Crippen LogP contribution in [0.15, 0.2) is 23.4 Å². The molecular formula is C8H7N3O2S. The molecule has 72 valence electrons. The predicted molar refractivity (Wildman–Crippen MR) is 52.5 cm³/mol. The zero-order valence-electron chi connectivity index (χ0n) is 7.35. The van der Waals surface area contributed by atoms with E-state index in [2.05, 4.69) is 15.0 Å². The molecular weight excluding hydrogens is 202 g/mol. The molecule has 0 atom stereocenters. The van der Waals surface area contributed by atoms with E-state index in [9.17, 15) is 4.79 Å². The maximum Gasteiger partial charge on any atom is 0.344 e. The van der Waals surface area contributed by atoms with Crippen LogP contribution in [0.2, 0.25) is 0 Å². The Morgan fingerprint density at radius 2 is 2.29 bits per heavy atom. The van der Waals surface area contributed by atoms with Crippen LogP contribution in [0.3, 0.4) is 0 Å². The lowest BCUT2D eigenvalue weighted by Gasteiger charge is -1.92. The van der Waals surface area contributed by atoms with Gasteiger partial charge in [0.25, 0.3) is 5.19 Å². The van der Waals surface area contributed by atoms with Gasteiger partial charge in [0.05, 0.1) is 12.0 Å². The molecule has 0 saturated carbocycles. The van der Waals surface area contributed by atoms with Crippen LogP contribution in [0.1, 0.15) is 0 Å². The summed E-state index contributed by atoms with van der Waals surface area (Å²) in [7, 11) is 1.56. The Bertz CT molecular complexity index is 471. The molecule has 2 aromatic rings. The number of hydrogen-bond donors (Lipinski definition) is 1. The summed E-state index contributed by atoms with van der Waals surface area (Å²) < 4.78 is 4.96. The maximum atomic E-state index is 10.7. The van der Waals surface area contributed by atoms with E-state index in [1.807, 2.05) is 0 Å². The fraction of sp³-hybridized carbons (Fsp3) is 0.125. The first-order valence-electron chi connectivity index (χ1n) is 3.84. The number of methoxy groups -OCH3 is 1. The SMILES string of the molecule is COc1ncc(-c2cnc(=O)[nH]c2)s1. The summed E-state index contributed by atoms with van der Waals surface area (Å²) in [5.41, 5.74) is 0.468. The molecule has 0 aliphatic heterocycles. The van der Waals surface area contributed by atoms with Crippen molar-refractivity contribution in [3.8, 4) is 15.6 Å². The first-order chi connectivity index (χ1) is 6.79. The number of ether oxygens (including phenoxy) is 1. The first kappa shape index (κ1) is 8.89. The van der Waals surface area contributed by atoms with Gasteiger partial charge < -0.3 is 9.72 Å². The zero-order valence-corrected chi connectivity index (χ0v) is 8.17. The summed E-state index contributed by atoms with van der Waals surface area (Å²) in [5.74, 6) is 0. The molecule has 0 saturated heterocycles. The highest BCUT2D eigenvalue weighted by Crippen LogP contribution is 2.28. The lowest BCUT2D eigenvalue weighted by atomic mass is 10.3. The number of nitrogens with one attached hydrogen (secondary N) is 1. The van der Waals surface area contributed by atoms with Crippen molar-refractivity contribution in [1.82, 2.24) is 15.0 Å². The first-order valence-corrected chi connectivity index (χ1v) is 4.66. The molecule has 2 rings (SSSR count). The van der Waals surface area contributed by atoms with Crippen molar-refractivity contribution in [2.45, 2.75) is 0 Å². The molecule has 0 unspecified atom stereocenters. The normalized spacial score (nSPS) is 10.1. The monoisotopic (exact) mass is 209 g/mol. The molecule has 0 aliphatic carbocycles. The fourth-order valence-electron chi connectivity index (χ4n) is 0.963. The average Bonchev–Trinajstić information content (AvgIpc) is 2.67. The highest BCUT2D eigenvalue weighted by atomic mass is 32.1. The standard InChI is InChI=1S/C8H7N3O2S/c1-13-8-11-4-6(14-8)5-2-9-7(12)10-3-5/h2-4H,1H3,(H,9,10,12). The topological polar surface area (TPSA) is 67.9 Å². The van der Waals surface area contributed by atoms with Gasteiger partial charge in [-0.2, -0.15) is 0 Å². The number of H-pyrrole nitrogens is 1. The summed E-state index contributed by atoms with van der Waals surface area (Å²) in [4.78, 5) is 21.7. The van der Waals surface area contributed by atoms with Crippen molar-refractivity contribution < 1.29 is 4.74 Å². The smallest absolute Gasteiger partial charge is 0.344 e. The van der Waals surface area contributed by atoms with Crippen LogP contribution in [0, 0.1) is 0 Å². The van der Waals surface area contributed by atoms with E-state index in [1.54, 1.807) is 19.5 Å². The molecule has 0 aromatic carbocycles. The fourth-order valence-corrected chi connectivity index (χ4v) is 1.67. The van der Waals surface area contributed by atoms with Crippen LogP contribution >= 0.6 is 11.3 Å². The second-order valence-electron chi connectivity index (χ2n) is 2.50. The molecule has 0 fully saturated rings.